The van der Waals surface area contributed by atoms with Crippen molar-refractivity contribution >= 4 is 21.8 Å². The second-order valence-electron chi connectivity index (χ2n) is 5.45. The fraction of sp³-hybridized carbons (Fsp3) is 0.375. The first-order valence-electron chi connectivity index (χ1n) is 7.44. The standard InChI is InChI=1S/C16H19NO7S/c1-5-25(20,21)17-15-13(23-10(2)18)14(19)16(3,24-15)11-6-8-12(22-4)9-7-11/h6-9,17H,5H2,1-4H3. The minimum Gasteiger partial charge on any atom is -0.497 e. The Morgan fingerprint density at radius 1 is 1.28 bits per heavy atom. The molecule has 8 nitrogen and oxygen atoms in total. The Morgan fingerprint density at radius 3 is 2.36 bits per heavy atom. The van der Waals surface area contributed by atoms with E-state index in [9.17, 15) is 18.0 Å². The summed E-state index contributed by atoms with van der Waals surface area (Å²) in [6, 6.07) is 6.49. The van der Waals surface area contributed by atoms with Crippen molar-refractivity contribution in [2.24, 2.45) is 0 Å². The predicted molar refractivity (Wildman–Crippen MR) is 87.8 cm³/mol. The molecule has 2 rings (SSSR count). The van der Waals surface area contributed by atoms with Crippen molar-refractivity contribution in [1.29, 1.82) is 0 Å². The summed E-state index contributed by atoms with van der Waals surface area (Å²) >= 11 is 0. The van der Waals surface area contributed by atoms with Gasteiger partial charge < -0.3 is 14.2 Å². The highest BCUT2D eigenvalue weighted by Gasteiger charge is 2.50. The fourth-order valence-corrected chi connectivity index (χ4v) is 2.79. The van der Waals surface area contributed by atoms with Crippen molar-refractivity contribution in [1.82, 2.24) is 4.72 Å². The smallest absolute Gasteiger partial charge is 0.308 e. The number of ether oxygens (including phenoxy) is 3. The molecule has 9 heteroatoms. The van der Waals surface area contributed by atoms with E-state index in [1.54, 1.807) is 24.3 Å². The Bertz CT molecular complexity index is 827. The predicted octanol–water partition coefficient (Wildman–Crippen LogP) is 1.18. The van der Waals surface area contributed by atoms with Gasteiger partial charge in [0.1, 0.15) is 5.75 Å². The van der Waals surface area contributed by atoms with Gasteiger partial charge in [-0.05, 0) is 26.0 Å². The third-order valence-corrected chi connectivity index (χ3v) is 4.92. The summed E-state index contributed by atoms with van der Waals surface area (Å²) in [5.41, 5.74) is -1.09. The first-order valence-corrected chi connectivity index (χ1v) is 9.09. The third kappa shape index (κ3) is 3.76. The molecule has 0 aromatic heterocycles. The molecule has 1 atom stereocenters. The molecule has 1 unspecified atom stereocenters. The maximum atomic E-state index is 12.8. The molecule has 0 radical (unpaired) electrons. The summed E-state index contributed by atoms with van der Waals surface area (Å²) < 4.78 is 41.4. The number of benzene rings is 1. The molecule has 1 aromatic rings. The Balaban J connectivity index is 2.44. The molecule has 0 aliphatic carbocycles. The minimum absolute atomic E-state index is 0.235. The van der Waals surface area contributed by atoms with Gasteiger partial charge in [0.25, 0.3) is 5.78 Å². The van der Waals surface area contributed by atoms with Crippen LogP contribution >= 0.6 is 0 Å². The van der Waals surface area contributed by atoms with Crippen molar-refractivity contribution < 1.29 is 32.2 Å². The topological polar surface area (TPSA) is 108 Å². The zero-order valence-corrected chi connectivity index (χ0v) is 15.1. The SMILES string of the molecule is CCS(=O)(=O)NC1=C(OC(C)=O)C(=O)C(C)(c2ccc(OC)cc2)O1. The number of Topliss-reactive ketones (excluding diaryl/α,β-unsaturated/α-hetero) is 1. The largest absolute Gasteiger partial charge is 0.497 e. The van der Waals surface area contributed by atoms with Crippen LogP contribution in [0.3, 0.4) is 0 Å². The highest BCUT2D eigenvalue weighted by Crippen LogP contribution is 2.39. The molecule has 1 N–H and O–H groups in total. The molecule has 0 bridgehead atoms. The highest BCUT2D eigenvalue weighted by molar-refractivity contribution is 7.89. The van der Waals surface area contributed by atoms with Crippen molar-refractivity contribution in [3.05, 3.63) is 41.5 Å². The average Bonchev–Trinajstić information content (AvgIpc) is 2.79. The molecule has 0 saturated carbocycles. The molecule has 0 fully saturated rings. The van der Waals surface area contributed by atoms with Gasteiger partial charge in [-0.15, -0.1) is 0 Å². The second-order valence-corrected chi connectivity index (χ2v) is 7.46. The van der Waals surface area contributed by atoms with Crippen molar-refractivity contribution in [2.75, 3.05) is 12.9 Å². The van der Waals surface area contributed by atoms with Crippen LogP contribution in [0.25, 0.3) is 0 Å². The van der Waals surface area contributed by atoms with Crippen molar-refractivity contribution in [2.45, 2.75) is 26.4 Å². The molecule has 0 spiro atoms. The monoisotopic (exact) mass is 369 g/mol. The van der Waals surface area contributed by atoms with Gasteiger partial charge in [0.15, 0.2) is 5.60 Å². The maximum Gasteiger partial charge on any atom is 0.308 e. The van der Waals surface area contributed by atoms with E-state index in [0.717, 1.165) is 6.92 Å². The Labute approximate surface area is 145 Å². The number of nitrogens with one attached hydrogen (secondary N) is 1. The molecular weight excluding hydrogens is 350 g/mol. The van der Waals surface area contributed by atoms with Crippen molar-refractivity contribution in [3.63, 3.8) is 0 Å². The molecule has 1 heterocycles. The first kappa shape index (κ1) is 18.8. The normalized spacial score (nSPS) is 20.2. The van der Waals surface area contributed by atoms with E-state index in [-0.39, 0.29) is 5.75 Å². The number of hydrogen-bond donors (Lipinski definition) is 1. The van der Waals surface area contributed by atoms with Gasteiger partial charge in [0.05, 0.1) is 12.9 Å². The Hall–Kier alpha value is -2.55. The third-order valence-electron chi connectivity index (χ3n) is 3.67. The molecule has 136 valence electrons. The lowest BCUT2D eigenvalue weighted by Crippen LogP contribution is -2.32. The van der Waals surface area contributed by atoms with Gasteiger partial charge in [0, 0.05) is 12.5 Å². The van der Waals surface area contributed by atoms with E-state index < -0.39 is 39.0 Å². The maximum absolute atomic E-state index is 12.8. The highest BCUT2D eigenvalue weighted by atomic mass is 32.2. The minimum atomic E-state index is -3.73. The lowest BCUT2D eigenvalue weighted by atomic mass is 9.91. The van der Waals surface area contributed by atoms with Crippen LogP contribution in [0.4, 0.5) is 0 Å². The zero-order valence-electron chi connectivity index (χ0n) is 14.3. The summed E-state index contributed by atoms with van der Waals surface area (Å²) in [6.45, 7) is 4.00. The average molecular weight is 369 g/mol. The van der Waals surface area contributed by atoms with Gasteiger partial charge in [-0.25, -0.2) is 8.42 Å². The zero-order chi connectivity index (χ0) is 18.8. The summed E-state index contributed by atoms with van der Waals surface area (Å²) in [7, 11) is -2.23. The number of sulfonamides is 1. The van der Waals surface area contributed by atoms with E-state index >= 15 is 0 Å². The van der Waals surface area contributed by atoms with Crippen LogP contribution in [0.1, 0.15) is 26.3 Å². The van der Waals surface area contributed by atoms with Gasteiger partial charge in [-0.2, -0.15) is 0 Å². The Kier molecular flexibility index (Phi) is 5.07. The molecule has 25 heavy (non-hydrogen) atoms. The number of rotatable bonds is 6. The Morgan fingerprint density at radius 2 is 1.88 bits per heavy atom. The molecule has 1 aliphatic rings. The van der Waals surface area contributed by atoms with Crippen LogP contribution in [-0.4, -0.2) is 33.0 Å². The number of hydrogen-bond acceptors (Lipinski definition) is 7. The number of methoxy groups -OCH3 is 1. The van der Waals surface area contributed by atoms with Crippen LogP contribution < -0.4 is 9.46 Å². The number of carbonyl (C=O) groups excluding carboxylic acids is 2. The van der Waals surface area contributed by atoms with Gasteiger partial charge in [0.2, 0.25) is 21.7 Å². The lowest BCUT2D eigenvalue weighted by Gasteiger charge is -2.23. The van der Waals surface area contributed by atoms with E-state index in [2.05, 4.69) is 4.72 Å². The number of esters is 1. The van der Waals surface area contributed by atoms with Crippen LogP contribution in [0.15, 0.2) is 35.9 Å². The van der Waals surface area contributed by atoms with Gasteiger partial charge in [-0.1, -0.05) is 12.1 Å². The molecule has 1 aliphatic heterocycles. The van der Waals surface area contributed by atoms with Crippen molar-refractivity contribution in [3.8, 4) is 5.75 Å². The molecule has 0 amide bonds. The summed E-state index contributed by atoms with van der Waals surface area (Å²) in [5, 5.41) is 0. The fourth-order valence-electron chi connectivity index (χ4n) is 2.23. The summed E-state index contributed by atoms with van der Waals surface area (Å²) in [5.74, 6) is -1.96. The van der Waals surface area contributed by atoms with Crippen LogP contribution in [0.2, 0.25) is 0 Å². The number of carbonyl (C=O) groups is 2. The van der Waals surface area contributed by atoms with E-state index in [4.69, 9.17) is 14.2 Å². The van der Waals surface area contributed by atoms with E-state index in [1.165, 1.54) is 21.0 Å². The second kappa shape index (κ2) is 6.75. The molecule has 0 saturated heterocycles. The van der Waals surface area contributed by atoms with Crippen LogP contribution in [0.5, 0.6) is 5.75 Å². The van der Waals surface area contributed by atoms with E-state index in [0.29, 0.717) is 11.3 Å². The quantitative estimate of drug-likeness (QED) is 0.750. The van der Waals surface area contributed by atoms with Gasteiger partial charge >= 0.3 is 5.97 Å². The van der Waals surface area contributed by atoms with Crippen LogP contribution in [-0.2, 0) is 34.7 Å². The lowest BCUT2D eigenvalue weighted by molar-refractivity contribution is -0.142. The van der Waals surface area contributed by atoms with Gasteiger partial charge in [-0.3, -0.25) is 14.3 Å². The first-order chi connectivity index (χ1) is 11.6. The summed E-state index contributed by atoms with van der Waals surface area (Å²) in [6.07, 6.45) is 0. The molecular formula is C16H19NO7S. The van der Waals surface area contributed by atoms with Crippen LogP contribution in [0, 0.1) is 0 Å². The molecule has 1 aromatic carbocycles. The summed E-state index contributed by atoms with van der Waals surface area (Å²) in [4.78, 5) is 24.1. The van der Waals surface area contributed by atoms with E-state index in [1.807, 2.05) is 0 Å². The number of ketones is 1.